The molecule has 0 aromatic heterocycles. The maximum atomic E-state index is 14.3. The minimum absolute atomic E-state index is 0.0181. The van der Waals surface area contributed by atoms with Gasteiger partial charge in [0.15, 0.2) is 0 Å². The molecule has 2 aromatic rings. The molecule has 0 unspecified atom stereocenters. The van der Waals surface area contributed by atoms with Crippen molar-refractivity contribution in [3.8, 4) is 5.75 Å². The molecule has 1 aliphatic heterocycles. The highest BCUT2D eigenvalue weighted by Gasteiger charge is 2.39. The first-order valence-corrected chi connectivity index (χ1v) is 20.6. The largest absolute Gasteiger partial charge is 0.543 e. The molecule has 3 N–H and O–H groups in total. The van der Waals surface area contributed by atoms with Gasteiger partial charge in [-0.3, -0.25) is 19.4 Å². The fourth-order valence-corrected chi connectivity index (χ4v) is 6.24. The summed E-state index contributed by atoms with van der Waals surface area (Å²) in [6, 6.07) is 12.3. The first-order valence-electron chi connectivity index (χ1n) is 17.7. The molecule has 51 heavy (non-hydrogen) atoms. The third kappa shape index (κ3) is 12.5. The van der Waals surface area contributed by atoms with E-state index in [0.717, 1.165) is 16.7 Å². The lowest BCUT2D eigenvalue weighted by atomic mass is 10.0. The fourth-order valence-electron chi connectivity index (χ4n) is 5.22. The van der Waals surface area contributed by atoms with E-state index in [4.69, 9.17) is 13.9 Å². The number of rotatable bonds is 13. The normalized spacial score (nSPS) is 16.5. The molecule has 2 aromatic carbocycles. The van der Waals surface area contributed by atoms with Crippen molar-refractivity contribution in [3.63, 3.8) is 0 Å². The molecule has 3 rings (SSSR count). The predicted molar refractivity (Wildman–Crippen MR) is 202 cm³/mol. The molecule has 0 spiro atoms. The Bertz CT molecular complexity index is 1550. The summed E-state index contributed by atoms with van der Waals surface area (Å²) in [6.07, 6.45) is 2.17. The molecule has 1 heterocycles. The minimum atomic E-state index is -2.15. The maximum Gasteiger partial charge on any atom is 0.408 e. The summed E-state index contributed by atoms with van der Waals surface area (Å²) < 4.78 is 17.6. The molecule has 280 valence electrons. The molecule has 3 amide bonds. The molecule has 11 nitrogen and oxygen atoms in total. The third-order valence-electron chi connectivity index (χ3n) is 9.06. The number of alkyl carbamates (subject to hydrolysis) is 1. The number of hydrazine groups is 1. The summed E-state index contributed by atoms with van der Waals surface area (Å²) in [5, 5.41) is 6.95. The highest BCUT2D eigenvalue weighted by atomic mass is 28.4. The van der Waals surface area contributed by atoms with Crippen molar-refractivity contribution in [3.05, 3.63) is 71.8 Å². The minimum Gasteiger partial charge on any atom is -0.543 e. The van der Waals surface area contributed by atoms with Crippen LogP contribution >= 0.6 is 0 Å². The van der Waals surface area contributed by atoms with Crippen molar-refractivity contribution in [1.29, 1.82) is 0 Å². The summed E-state index contributed by atoms with van der Waals surface area (Å²) in [6.45, 7) is 23.8. The van der Waals surface area contributed by atoms with Crippen LogP contribution in [0.4, 0.5) is 4.79 Å². The van der Waals surface area contributed by atoms with Gasteiger partial charge in [0.25, 0.3) is 5.91 Å². The Morgan fingerprint density at radius 3 is 2.29 bits per heavy atom. The molecular formula is C39H58N4O7Si. The van der Waals surface area contributed by atoms with E-state index in [1.165, 1.54) is 5.01 Å². The number of benzene rings is 2. The van der Waals surface area contributed by atoms with Crippen LogP contribution in [-0.4, -0.2) is 67.5 Å². The zero-order valence-corrected chi connectivity index (χ0v) is 33.1. The molecule has 0 aliphatic carbocycles. The van der Waals surface area contributed by atoms with Crippen LogP contribution in [0.5, 0.6) is 5.75 Å². The third-order valence-corrected chi connectivity index (χ3v) is 13.4. The lowest BCUT2D eigenvalue weighted by molar-refractivity contribution is -0.154. The summed E-state index contributed by atoms with van der Waals surface area (Å²) in [5.41, 5.74) is 4.82. The van der Waals surface area contributed by atoms with Gasteiger partial charge < -0.3 is 24.5 Å². The summed E-state index contributed by atoms with van der Waals surface area (Å²) in [7, 11) is -2.15. The monoisotopic (exact) mass is 722 g/mol. The lowest BCUT2D eigenvalue weighted by Gasteiger charge is -2.36. The smallest absolute Gasteiger partial charge is 0.408 e. The van der Waals surface area contributed by atoms with Crippen LogP contribution in [-0.2, 0) is 36.9 Å². The van der Waals surface area contributed by atoms with Crippen molar-refractivity contribution in [2.75, 3.05) is 6.54 Å². The van der Waals surface area contributed by atoms with Crippen LogP contribution in [0.2, 0.25) is 18.1 Å². The van der Waals surface area contributed by atoms with Crippen LogP contribution in [0.3, 0.4) is 0 Å². The van der Waals surface area contributed by atoms with Gasteiger partial charge in [0.2, 0.25) is 14.2 Å². The maximum absolute atomic E-state index is 14.3. The average molecular weight is 723 g/mol. The zero-order chi connectivity index (χ0) is 38.1. The Hall–Kier alpha value is -4.16. The van der Waals surface area contributed by atoms with E-state index in [0.29, 0.717) is 25.1 Å². The SMILES string of the molecule is C=Cc1cccc(COC(=O)[C@@H]2CCCN(C(=O)[C@H](Cc3cccc(O[Si](C)(C)C(C)(C)C)c3)NC(=O)[C@@H](NC(=O)OC(C)(C)C)C(C)C)N2)c1. The van der Waals surface area contributed by atoms with Crippen LogP contribution in [0.25, 0.3) is 6.08 Å². The van der Waals surface area contributed by atoms with Gasteiger partial charge in [0.1, 0.15) is 36.1 Å². The Kier molecular flexibility index (Phi) is 14.1. The van der Waals surface area contributed by atoms with Crippen LogP contribution < -0.4 is 20.5 Å². The van der Waals surface area contributed by atoms with Crippen LogP contribution in [0.15, 0.2) is 55.1 Å². The van der Waals surface area contributed by atoms with Gasteiger partial charge in [0.05, 0.1) is 0 Å². The topological polar surface area (TPSA) is 135 Å². The first kappa shape index (κ1) is 41.3. The van der Waals surface area contributed by atoms with Gasteiger partial charge in [-0.25, -0.2) is 10.2 Å². The average Bonchev–Trinajstić information content (AvgIpc) is 3.04. The van der Waals surface area contributed by atoms with Crippen molar-refractivity contribution in [1.82, 2.24) is 21.1 Å². The molecule has 1 aliphatic rings. The van der Waals surface area contributed by atoms with Crippen molar-refractivity contribution >= 4 is 38.3 Å². The molecular weight excluding hydrogens is 665 g/mol. The summed E-state index contributed by atoms with van der Waals surface area (Å²) in [4.78, 5) is 53.9. The van der Waals surface area contributed by atoms with Crippen molar-refractivity contribution < 1.29 is 33.1 Å². The summed E-state index contributed by atoms with van der Waals surface area (Å²) >= 11 is 0. The van der Waals surface area contributed by atoms with Gasteiger partial charge in [-0.05, 0) is 92.6 Å². The van der Waals surface area contributed by atoms with Crippen molar-refractivity contribution in [2.24, 2.45) is 5.92 Å². The number of ether oxygens (including phenoxy) is 2. The van der Waals surface area contributed by atoms with E-state index in [2.05, 4.69) is 56.5 Å². The van der Waals surface area contributed by atoms with E-state index in [1.54, 1.807) is 40.7 Å². The Morgan fingerprint density at radius 2 is 1.67 bits per heavy atom. The molecule has 3 atom stereocenters. The summed E-state index contributed by atoms with van der Waals surface area (Å²) in [5.74, 6) is -1.04. The number of carbonyl (C=O) groups excluding carboxylic acids is 4. The number of carbonyl (C=O) groups is 4. The number of nitrogens with one attached hydrogen (secondary N) is 3. The molecule has 0 radical (unpaired) electrons. The van der Waals surface area contributed by atoms with Gasteiger partial charge in [0, 0.05) is 13.0 Å². The Balaban J connectivity index is 1.84. The second-order valence-electron chi connectivity index (χ2n) is 16.0. The molecule has 1 saturated heterocycles. The van der Waals surface area contributed by atoms with E-state index in [1.807, 2.05) is 48.5 Å². The highest BCUT2D eigenvalue weighted by Crippen LogP contribution is 2.37. The van der Waals surface area contributed by atoms with Crippen molar-refractivity contribution in [2.45, 2.75) is 123 Å². The second kappa shape index (κ2) is 17.4. The Morgan fingerprint density at radius 1 is 1.00 bits per heavy atom. The number of nitrogens with zero attached hydrogens (tertiary/aromatic N) is 1. The lowest BCUT2D eigenvalue weighted by Crippen LogP contribution is -2.62. The van der Waals surface area contributed by atoms with E-state index < -0.39 is 55.9 Å². The van der Waals surface area contributed by atoms with Gasteiger partial charge in [-0.1, -0.05) is 77.6 Å². The second-order valence-corrected chi connectivity index (χ2v) is 20.7. The number of hydrogen-bond donors (Lipinski definition) is 3. The fraction of sp³-hybridized carbons (Fsp3) is 0.538. The van der Waals surface area contributed by atoms with E-state index >= 15 is 0 Å². The quantitative estimate of drug-likeness (QED) is 0.157. The van der Waals surface area contributed by atoms with Crippen LogP contribution in [0.1, 0.15) is 84.9 Å². The van der Waals surface area contributed by atoms with E-state index in [-0.39, 0.29) is 24.0 Å². The number of amides is 3. The van der Waals surface area contributed by atoms with Gasteiger partial charge in [-0.2, -0.15) is 0 Å². The standard InChI is InChI=1S/C39H58N4O7Si/c1-12-27-16-13-18-29(22-27)25-48-36(46)31-20-15-21-43(42-31)35(45)32(40-34(44)33(26(2)3)41-37(47)49-38(4,5)6)24-28-17-14-19-30(23-28)50-51(10,11)39(7,8)9/h12-14,16-19,22-23,26,31-33,42H,1,15,20-21,24-25H2,2-11H3,(H,40,44)(H,41,47)/t31-,32-,33-/m0/s1. The van der Waals surface area contributed by atoms with Gasteiger partial charge >= 0.3 is 12.1 Å². The first-order chi connectivity index (χ1) is 23.7. The molecule has 0 saturated carbocycles. The van der Waals surface area contributed by atoms with Crippen LogP contribution in [0, 0.1) is 5.92 Å². The number of esters is 1. The molecule has 1 fully saturated rings. The van der Waals surface area contributed by atoms with Gasteiger partial charge in [-0.15, -0.1) is 0 Å². The molecule has 0 bridgehead atoms. The zero-order valence-electron chi connectivity index (χ0n) is 32.1. The highest BCUT2D eigenvalue weighted by molar-refractivity contribution is 6.74. The number of hydrogen-bond acceptors (Lipinski definition) is 8. The molecule has 12 heteroatoms. The van der Waals surface area contributed by atoms with E-state index in [9.17, 15) is 19.2 Å². The predicted octanol–water partition coefficient (Wildman–Crippen LogP) is 6.53. The Labute approximate surface area is 305 Å².